The number of amides is 1. The first-order valence-corrected chi connectivity index (χ1v) is 17.8. The van der Waals surface area contributed by atoms with Gasteiger partial charge in [0, 0.05) is 27.6 Å². The number of rotatable bonds is 7. The van der Waals surface area contributed by atoms with E-state index in [-0.39, 0.29) is 16.8 Å². The molecule has 2 N–H and O–H groups in total. The lowest BCUT2D eigenvalue weighted by atomic mass is 10.1. The zero-order valence-corrected chi connectivity index (χ0v) is 27.7. The lowest BCUT2D eigenvalue weighted by Crippen LogP contribution is -2.30. The molecule has 0 aliphatic carbocycles. The van der Waals surface area contributed by atoms with Gasteiger partial charge in [-0.15, -0.1) is 11.3 Å². The van der Waals surface area contributed by atoms with E-state index >= 15 is 0 Å². The van der Waals surface area contributed by atoms with Crippen LogP contribution in [0.4, 0.5) is 5.69 Å². The number of thiophene rings is 1. The third-order valence-corrected chi connectivity index (χ3v) is 10.8. The Morgan fingerprint density at radius 2 is 1.61 bits per heavy atom. The highest BCUT2D eigenvalue weighted by atomic mass is 32.2. The molecule has 1 atom stereocenters. The minimum absolute atomic E-state index is 0.0666. The van der Waals surface area contributed by atoms with Gasteiger partial charge in [0.05, 0.1) is 15.6 Å². The summed E-state index contributed by atoms with van der Waals surface area (Å²) in [4.78, 5) is 19.9. The molecule has 3 heterocycles. The van der Waals surface area contributed by atoms with Crippen LogP contribution in [0.5, 0.6) is 0 Å². The van der Waals surface area contributed by atoms with Crippen molar-refractivity contribution in [3.05, 3.63) is 106 Å². The molecule has 2 aliphatic heterocycles. The molecule has 4 aromatic rings. The molecule has 0 spiro atoms. The van der Waals surface area contributed by atoms with E-state index in [4.69, 9.17) is 4.55 Å². The molecule has 1 amide bonds. The third-order valence-electron chi connectivity index (χ3n) is 7.64. The van der Waals surface area contributed by atoms with E-state index in [0.29, 0.717) is 13.0 Å². The number of fused-ring (bicyclic) bond motifs is 2. The van der Waals surface area contributed by atoms with Gasteiger partial charge in [-0.3, -0.25) is 14.2 Å². The summed E-state index contributed by atoms with van der Waals surface area (Å²) in [7, 11) is -4.02. The van der Waals surface area contributed by atoms with Crippen LogP contribution in [0.3, 0.4) is 0 Å². The molecule has 0 radical (unpaired) electrons. The number of anilines is 1. The van der Waals surface area contributed by atoms with E-state index in [1.54, 1.807) is 35.2 Å². The number of aryl methyl sites for hydroxylation is 2. The summed E-state index contributed by atoms with van der Waals surface area (Å²) in [5.41, 5.74) is 3.57. The number of nitrogens with one attached hydrogen (secondary N) is 1. The van der Waals surface area contributed by atoms with E-state index in [1.807, 2.05) is 18.7 Å². The van der Waals surface area contributed by atoms with Gasteiger partial charge in [0.1, 0.15) is 11.9 Å². The topological polar surface area (TPSA) is 90.0 Å². The first kappa shape index (κ1) is 31.8. The average Bonchev–Trinajstić information content (AvgIpc) is 3.65. The molecule has 1 aromatic heterocycles. The highest BCUT2D eigenvalue weighted by Gasteiger charge is 2.34. The number of para-hydroxylation sites is 1. The lowest BCUT2D eigenvalue weighted by Gasteiger charge is -2.18. The van der Waals surface area contributed by atoms with Crippen LogP contribution >= 0.6 is 23.1 Å². The molecule has 0 bridgehead atoms. The van der Waals surface area contributed by atoms with Gasteiger partial charge in [-0.05, 0) is 81.0 Å². The predicted molar refractivity (Wildman–Crippen MR) is 183 cm³/mol. The molecule has 1 unspecified atom stereocenters. The molecule has 230 valence electrons. The van der Waals surface area contributed by atoms with Crippen LogP contribution in [0, 0.1) is 6.92 Å². The van der Waals surface area contributed by atoms with Crippen LogP contribution in [0.15, 0.2) is 99.5 Å². The summed E-state index contributed by atoms with van der Waals surface area (Å²) in [6, 6.07) is 22.8. The number of hydrogen-bond donors (Lipinski definition) is 2. The fraction of sp³-hybridized carbons (Fsp3) is 0.265. The first-order chi connectivity index (χ1) is 21.1. The van der Waals surface area contributed by atoms with Gasteiger partial charge in [0.15, 0.2) is 0 Å². The molecule has 6 rings (SSSR count). The molecule has 7 nitrogen and oxygen atoms in total. The van der Waals surface area contributed by atoms with Crippen molar-refractivity contribution in [3.8, 4) is 0 Å². The maximum absolute atomic E-state index is 13.2. The van der Waals surface area contributed by atoms with Gasteiger partial charge < -0.3 is 10.2 Å². The second kappa shape index (κ2) is 13.6. The normalized spacial score (nSPS) is 18.1. The zero-order valence-electron chi connectivity index (χ0n) is 25.3. The highest BCUT2D eigenvalue weighted by molar-refractivity contribution is 8.03. The number of carbonyl (C=O) groups excluding carboxylic acids is 1. The largest absolute Gasteiger partial charge is 0.359 e. The smallest absolute Gasteiger partial charge is 0.294 e. The first-order valence-electron chi connectivity index (χ1n) is 14.7. The average molecular weight is 648 g/mol. The summed E-state index contributed by atoms with van der Waals surface area (Å²) in [6.45, 7) is 9.84. The maximum atomic E-state index is 13.2. The van der Waals surface area contributed by atoms with Crippen molar-refractivity contribution >= 4 is 61.0 Å². The standard InChI is InChI=1S/C27H29N3OS2.C7H8O3S/c1-4-18-19-11-7-9-13-22(19)32-24(18)17-25-28-20(27(31)30(25)6-3)15-16-26-29(5-2)21-12-8-10-14-23(21)33-26;1-6-2-4-7(5-3-6)11(8,9)10/h7-14,16-17,20,28H,4-6,15H2,1-3H3;2-5H,1H3,(H,8,9,10)/b25-17?,26-16-;. The zero-order chi connectivity index (χ0) is 31.4. The lowest BCUT2D eigenvalue weighted by molar-refractivity contribution is -0.127. The second-order valence-electron chi connectivity index (χ2n) is 10.5. The highest BCUT2D eigenvalue weighted by Crippen LogP contribution is 2.45. The Kier molecular flexibility index (Phi) is 9.84. The molecular formula is C34H37N3O4S3. The Bertz CT molecular complexity index is 1830. The Labute approximate surface area is 268 Å². The van der Waals surface area contributed by atoms with Crippen LogP contribution in [0.25, 0.3) is 16.2 Å². The molecular weight excluding hydrogens is 611 g/mol. The Morgan fingerprint density at radius 1 is 0.932 bits per heavy atom. The number of likely N-dealkylation sites (N-methyl/N-ethyl adjacent to an activating group) is 1. The predicted octanol–water partition coefficient (Wildman–Crippen LogP) is 7.69. The van der Waals surface area contributed by atoms with Gasteiger partial charge in [-0.1, -0.05) is 72.8 Å². The van der Waals surface area contributed by atoms with Gasteiger partial charge in [-0.25, -0.2) is 0 Å². The summed E-state index contributed by atoms with van der Waals surface area (Å²) >= 11 is 3.60. The van der Waals surface area contributed by atoms with Crippen molar-refractivity contribution in [1.29, 1.82) is 0 Å². The monoisotopic (exact) mass is 647 g/mol. The number of hydrogen-bond acceptors (Lipinski definition) is 7. The second-order valence-corrected chi connectivity index (χ2v) is 14.1. The molecule has 10 heteroatoms. The maximum Gasteiger partial charge on any atom is 0.294 e. The van der Waals surface area contributed by atoms with Crippen LogP contribution in [0.2, 0.25) is 0 Å². The molecule has 0 saturated carbocycles. The van der Waals surface area contributed by atoms with Gasteiger partial charge in [0.25, 0.3) is 16.0 Å². The van der Waals surface area contributed by atoms with E-state index in [2.05, 4.69) is 84.7 Å². The van der Waals surface area contributed by atoms with Crippen LogP contribution in [-0.2, 0) is 21.3 Å². The summed E-state index contributed by atoms with van der Waals surface area (Å²) < 4.78 is 30.9. The van der Waals surface area contributed by atoms with Crippen molar-refractivity contribution in [2.45, 2.75) is 56.4 Å². The van der Waals surface area contributed by atoms with Crippen LogP contribution in [0.1, 0.15) is 43.2 Å². The summed E-state index contributed by atoms with van der Waals surface area (Å²) in [5, 5.41) is 6.07. The Hall–Kier alpha value is -3.57. The van der Waals surface area contributed by atoms with E-state index < -0.39 is 10.1 Å². The van der Waals surface area contributed by atoms with E-state index in [1.165, 1.54) is 48.3 Å². The van der Waals surface area contributed by atoms with Gasteiger partial charge in [0.2, 0.25) is 0 Å². The van der Waals surface area contributed by atoms with Crippen LogP contribution in [-0.4, -0.2) is 42.9 Å². The fourth-order valence-corrected chi connectivity index (χ4v) is 8.30. The SMILES string of the molecule is CCc1c(C=C2NC(C/C=C3\Sc4ccccc4N3CC)C(=O)N2CC)sc2ccccc12.Cc1ccc(S(=O)(=O)O)cc1. The Morgan fingerprint density at radius 3 is 2.30 bits per heavy atom. The number of thioether (sulfide) groups is 1. The number of carbonyl (C=O) groups is 1. The Balaban J connectivity index is 0.000000296. The van der Waals surface area contributed by atoms with Gasteiger partial charge >= 0.3 is 0 Å². The van der Waals surface area contributed by atoms with E-state index in [9.17, 15) is 13.2 Å². The summed E-state index contributed by atoms with van der Waals surface area (Å²) in [5.74, 6) is 1.07. The minimum atomic E-state index is -4.02. The quantitative estimate of drug-likeness (QED) is 0.199. The third kappa shape index (κ3) is 6.73. The minimum Gasteiger partial charge on any atom is -0.359 e. The molecule has 1 saturated heterocycles. The van der Waals surface area contributed by atoms with Crippen molar-refractivity contribution in [2.24, 2.45) is 0 Å². The number of benzene rings is 3. The molecule has 2 aliphatic rings. The van der Waals surface area contributed by atoms with Crippen LogP contribution < -0.4 is 10.2 Å². The van der Waals surface area contributed by atoms with Crippen molar-refractivity contribution < 1.29 is 17.8 Å². The number of nitrogens with zero attached hydrogens (tertiary/aromatic N) is 2. The molecule has 1 fully saturated rings. The fourth-order valence-electron chi connectivity index (χ4n) is 5.41. The molecule has 3 aromatic carbocycles. The molecule has 44 heavy (non-hydrogen) atoms. The summed E-state index contributed by atoms with van der Waals surface area (Å²) in [6.07, 6.45) is 6.05. The van der Waals surface area contributed by atoms with E-state index in [0.717, 1.165) is 24.4 Å². The van der Waals surface area contributed by atoms with Crippen molar-refractivity contribution in [2.75, 3.05) is 18.0 Å². The van der Waals surface area contributed by atoms with Crippen molar-refractivity contribution in [3.63, 3.8) is 0 Å². The van der Waals surface area contributed by atoms with Gasteiger partial charge in [-0.2, -0.15) is 8.42 Å². The van der Waals surface area contributed by atoms with Crippen molar-refractivity contribution in [1.82, 2.24) is 10.2 Å².